The number of thiazole rings is 1. The third kappa shape index (κ3) is 4.24. The van der Waals surface area contributed by atoms with E-state index in [1.54, 1.807) is 44.2 Å². The minimum absolute atomic E-state index is 0.133. The maximum Gasteiger partial charge on any atom is 0.338 e. The zero-order chi connectivity index (χ0) is 23.7. The van der Waals surface area contributed by atoms with Crippen LogP contribution in [-0.4, -0.2) is 22.1 Å². The molecular weight excluding hydrogens is 466 g/mol. The van der Waals surface area contributed by atoms with Crippen LogP contribution in [0, 0.1) is 10.1 Å². The SMILES string of the molecule is CCOC(=O)C1=C(C)N=c2sc(=Cc3ccccc3Cl)c(=O)n2[C@H]1c1cccc([N+](=O)[O-])c1. The zero-order valence-corrected chi connectivity index (χ0v) is 19.2. The van der Waals surface area contributed by atoms with Gasteiger partial charge in [-0.3, -0.25) is 19.5 Å². The molecule has 1 aliphatic rings. The lowest BCUT2D eigenvalue weighted by Gasteiger charge is -2.24. The molecular formula is C23H18ClN3O5S. The van der Waals surface area contributed by atoms with Crippen molar-refractivity contribution in [1.29, 1.82) is 0 Å². The van der Waals surface area contributed by atoms with Crippen molar-refractivity contribution in [3.63, 3.8) is 0 Å². The fraction of sp³-hybridized carbons (Fsp3) is 0.174. The van der Waals surface area contributed by atoms with Gasteiger partial charge in [0.2, 0.25) is 0 Å². The van der Waals surface area contributed by atoms with Crippen molar-refractivity contribution in [2.75, 3.05) is 6.61 Å². The molecule has 33 heavy (non-hydrogen) atoms. The molecule has 0 N–H and O–H groups in total. The Hall–Kier alpha value is -3.56. The van der Waals surface area contributed by atoms with Gasteiger partial charge in [0.15, 0.2) is 4.80 Å². The van der Waals surface area contributed by atoms with Crippen LogP contribution in [0.2, 0.25) is 5.02 Å². The molecule has 0 bridgehead atoms. The fourth-order valence-electron chi connectivity index (χ4n) is 3.65. The number of aromatic nitrogens is 1. The summed E-state index contributed by atoms with van der Waals surface area (Å²) in [5.41, 5.74) is 1.09. The first-order chi connectivity index (χ1) is 15.8. The maximum absolute atomic E-state index is 13.5. The number of hydrogen-bond donors (Lipinski definition) is 0. The Morgan fingerprint density at radius 3 is 2.76 bits per heavy atom. The number of rotatable bonds is 5. The summed E-state index contributed by atoms with van der Waals surface area (Å²) in [6.45, 7) is 3.46. The Balaban J connectivity index is 1.99. The molecule has 0 saturated carbocycles. The number of nitro benzene ring substituents is 1. The number of nitro groups is 1. The number of carbonyl (C=O) groups is 1. The summed E-state index contributed by atoms with van der Waals surface area (Å²) < 4.78 is 6.98. The molecule has 0 unspecified atom stereocenters. The van der Waals surface area contributed by atoms with Gasteiger partial charge in [-0.25, -0.2) is 9.79 Å². The van der Waals surface area contributed by atoms with E-state index in [9.17, 15) is 19.7 Å². The third-order valence-electron chi connectivity index (χ3n) is 5.11. The lowest BCUT2D eigenvalue weighted by Crippen LogP contribution is -2.40. The molecule has 1 aliphatic heterocycles. The van der Waals surface area contributed by atoms with Crippen molar-refractivity contribution in [2.45, 2.75) is 19.9 Å². The van der Waals surface area contributed by atoms with Gasteiger partial charge in [-0.1, -0.05) is 53.3 Å². The predicted molar refractivity (Wildman–Crippen MR) is 125 cm³/mol. The van der Waals surface area contributed by atoms with Gasteiger partial charge in [0.05, 0.1) is 33.4 Å². The smallest absolute Gasteiger partial charge is 0.338 e. The highest BCUT2D eigenvalue weighted by Gasteiger charge is 2.34. The molecule has 2 aromatic carbocycles. The largest absolute Gasteiger partial charge is 0.463 e. The van der Waals surface area contributed by atoms with E-state index in [0.29, 0.717) is 31.2 Å². The Bertz CT molecular complexity index is 1490. The number of fused-ring (bicyclic) bond motifs is 1. The van der Waals surface area contributed by atoms with E-state index in [1.165, 1.54) is 22.8 Å². The first-order valence-electron chi connectivity index (χ1n) is 10.0. The molecule has 0 radical (unpaired) electrons. The van der Waals surface area contributed by atoms with Gasteiger partial charge >= 0.3 is 5.97 Å². The van der Waals surface area contributed by atoms with Crippen LogP contribution in [0.3, 0.4) is 0 Å². The highest BCUT2D eigenvalue weighted by Crippen LogP contribution is 2.32. The van der Waals surface area contributed by atoms with Crippen LogP contribution in [0.1, 0.15) is 31.0 Å². The van der Waals surface area contributed by atoms with Gasteiger partial charge in [0, 0.05) is 17.2 Å². The van der Waals surface area contributed by atoms with E-state index in [0.717, 1.165) is 11.3 Å². The number of ether oxygens (including phenoxy) is 1. The normalized spacial score (nSPS) is 15.7. The van der Waals surface area contributed by atoms with Crippen LogP contribution >= 0.6 is 22.9 Å². The summed E-state index contributed by atoms with van der Waals surface area (Å²) in [5, 5.41) is 11.9. The standard InChI is InChI=1S/C23H18ClN3O5S/c1-3-32-22(29)19-13(2)25-23-26(20(19)15-8-6-9-16(11-15)27(30)31)21(28)18(33-23)12-14-7-4-5-10-17(14)24/h4-12,20H,3H2,1-2H3/t20-/m0/s1. The van der Waals surface area contributed by atoms with Gasteiger partial charge < -0.3 is 4.74 Å². The van der Waals surface area contributed by atoms with E-state index in [4.69, 9.17) is 16.3 Å². The van der Waals surface area contributed by atoms with Gasteiger partial charge in [-0.2, -0.15) is 0 Å². The first kappa shape index (κ1) is 22.6. The molecule has 10 heteroatoms. The summed E-state index contributed by atoms with van der Waals surface area (Å²) in [6, 6.07) is 12.1. The van der Waals surface area contributed by atoms with Crippen LogP contribution in [0.25, 0.3) is 6.08 Å². The lowest BCUT2D eigenvalue weighted by molar-refractivity contribution is -0.384. The van der Waals surface area contributed by atoms with Gasteiger partial charge in [0.25, 0.3) is 11.2 Å². The Labute approximate surface area is 196 Å². The van der Waals surface area contributed by atoms with E-state index < -0.39 is 16.9 Å². The number of halogens is 1. The van der Waals surface area contributed by atoms with Crippen molar-refractivity contribution in [3.8, 4) is 0 Å². The average Bonchev–Trinajstić information content (AvgIpc) is 3.09. The average molecular weight is 484 g/mol. The molecule has 0 aliphatic carbocycles. The number of allylic oxidation sites excluding steroid dienone is 1. The summed E-state index contributed by atoms with van der Waals surface area (Å²) >= 11 is 7.41. The van der Waals surface area contributed by atoms with Crippen LogP contribution in [0.15, 0.2) is 69.6 Å². The molecule has 4 rings (SSSR count). The topological polar surface area (TPSA) is 104 Å². The molecule has 3 aromatic rings. The Morgan fingerprint density at radius 1 is 1.30 bits per heavy atom. The van der Waals surface area contributed by atoms with Crippen molar-refractivity contribution in [1.82, 2.24) is 4.57 Å². The highest BCUT2D eigenvalue weighted by atomic mass is 35.5. The highest BCUT2D eigenvalue weighted by molar-refractivity contribution is 7.07. The summed E-state index contributed by atoms with van der Waals surface area (Å²) in [4.78, 5) is 42.1. The monoisotopic (exact) mass is 483 g/mol. The molecule has 0 spiro atoms. The van der Waals surface area contributed by atoms with Crippen molar-refractivity contribution >= 4 is 40.7 Å². The van der Waals surface area contributed by atoms with Crippen molar-refractivity contribution in [2.24, 2.45) is 4.99 Å². The quantitative estimate of drug-likeness (QED) is 0.314. The van der Waals surface area contributed by atoms with E-state index >= 15 is 0 Å². The van der Waals surface area contributed by atoms with E-state index in [1.807, 2.05) is 6.07 Å². The predicted octanol–water partition coefficient (Wildman–Crippen LogP) is 3.36. The molecule has 2 heterocycles. The number of hydrogen-bond acceptors (Lipinski definition) is 7. The molecule has 0 amide bonds. The first-order valence-corrected chi connectivity index (χ1v) is 11.2. The fourth-order valence-corrected chi connectivity index (χ4v) is 4.88. The minimum atomic E-state index is -0.923. The number of benzene rings is 2. The molecule has 0 fully saturated rings. The second-order valence-corrected chi connectivity index (χ2v) is 8.59. The number of nitrogens with zero attached hydrogens (tertiary/aromatic N) is 3. The van der Waals surface area contributed by atoms with Gasteiger partial charge in [-0.05, 0) is 37.1 Å². The molecule has 168 valence electrons. The Kier molecular flexibility index (Phi) is 6.26. The molecule has 1 aromatic heterocycles. The summed E-state index contributed by atoms with van der Waals surface area (Å²) in [5.74, 6) is -0.629. The Morgan fingerprint density at radius 2 is 2.06 bits per heavy atom. The maximum atomic E-state index is 13.5. The minimum Gasteiger partial charge on any atom is -0.463 e. The van der Waals surface area contributed by atoms with Crippen LogP contribution in [0.4, 0.5) is 5.69 Å². The van der Waals surface area contributed by atoms with E-state index in [-0.39, 0.29) is 23.4 Å². The van der Waals surface area contributed by atoms with Crippen LogP contribution < -0.4 is 14.9 Å². The lowest BCUT2D eigenvalue weighted by atomic mass is 9.95. The summed E-state index contributed by atoms with van der Waals surface area (Å²) in [6.07, 6.45) is 1.67. The van der Waals surface area contributed by atoms with Crippen molar-refractivity contribution < 1.29 is 14.5 Å². The second-order valence-electron chi connectivity index (χ2n) is 7.18. The second kappa shape index (κ2) is 9.13. The number of esters is 1. The van der Waals surface area contributed by atoms with Gasteiger partial charge in [-0.15, -0.1) is 0 Å². The third-order valence-corrected chi connectivity index (χ3v) is 6.43. The number of non-ortho nitro benzene ring substituents is 1. The molecule has 1 atom stereocenters. The molecule has 8 nitrogen and oxygen atoms in total. The number of carbonyl (C=O) groups excluding carboxylic acids is 1. The zero-order valence-electron chi connectivity index (χ0n) is 17.6. The van der Waals surface area contributed by atoms with Crippen LogP contribution in [-0.2, 0) is 9.53 Å². The summed E-state index contributed by atoms with van der Waals surface area (Å²) in [7, 11) is 0. The van der Waals surface area contributed by atoms with Crippen molar-refractivity contribution in [3.05, 3.63) is 106 Å². The van der Waals surface area contributed by atoms with E-state index in [2.05, 4.69) is 4.99 Å². The van der Waals surface area contributed by atoms with Crippen LogP contribution in [0.5, 0.6) is 0 Å². The van der Waals surface area contributed by atoms with Gasteiger partial charge in [0.1, 0.15) is 0 Å². The molecule has 0 saturated heterocycles.